The molecule has 1 N–H and O–H groups in total. The van der Waals surface area contributed by atoms with Crippen LogP contribution in [0.4, 0.5) is 0 Å². The van der Waals surface area contributed by atoms with Gasteiger partial charge in [-0.3, -0.25) is 0 Å². The van der Waals surface area contributed by atoms with E-state index < -0.39 is 0 Å². The highest BCUT2D eigenvalue weighted by molar-refractivity contribution is 5.54. The van der Waals surface area contributed by atoms with Gasteiger partial charge in [-0.05, 0) is 37.1 Å². The van der Waals surface area contributed by atoms with Crippen LogP contribution < -0.4 is 19.5 Å². The van der Waals surface area contributed by atoms with Crippen molar-refractivity contribution in [1.82, 2.24) is 5.32 Å². The van der Waals surface area contributed by atoms with Gasteiger partial charge >= 0.3 is 0 Å². The molecule has 0 amide bonds. The summed E-state index contributed by atoms with van der Waals surface area (Å²) in [5.41, 5.74) is 1.06. The topological polar surface area (TPSA) is 49.0 Å². The van der Waals surface area contributed by atoms with E-state index in [2.05, 4.69) is 12.2 Å². The van der Waals surface area contributed by atoms with Gasteiger partial charge in [0.25, 0.3) is 0 Å². The zero-order chi connectivity index (χ0) is 15.2. The van der Waals surface area contributed by atoms with Gasteiger partial charge in [-0.25, -0.2) is 0 Å². The molecule has 118 valence electrons. The quantitative estimate of drug-likeness (QED) is 0.874. The Labute approximate surface area is 126 Å². The van der Waals surface area contributed by atoms with E-state index in [0.717, 1.165) is 31.6 Å². The van der Waals surface area contributed by atoms with E-state index in [-0.39, 0.29) is 6.10 Å². The second-order valence-corrected chi connectivity index (χ2v) is 5.10. The maximum Gasteiger partial charge on any atom is 0.203 e. The number of ether oxygens (including phenoxy) is 4. The molecule has 5 heteroatoms. The molecular weight excluding hydrogens is 270 g/mol. The number of benzene rings is 1. The third-order valence-corrected chi connectivity index (χ3v) is 3.84. The van der Waals surface area contributed by atoms with Gasteiger partial charge in [0.1, 0.15) is 0 Å². The van der Waals surface area contributed by atoms with Crippen LogP contribution >= 0.6 is 0 Å². The van der Waals surface area contributed by atoms with E-state index in [9.17, 15) is 0 Å². The van der Waals surface area contributed by atoms with Gasteiger partial charge in [-0.15, -0.1) is 0 Å². The zero-order valence-corrected chi connectivity index (χ0v) is 13.3. The monoisotopic (exact) mass is 295 g/mol. The summed E-state index contributed by atoms with van der Waals surface area (Å²) in [4.78, 5) is 0. The van der Waals surface area contributed by atoms with Gasteiger partial charge in [-0.2, -0.15) is 0 Å². The lowest BCUT2D eigenvalue weighted by Crippen LogP contribution is -2.35. The number of rotatable bonds is 6. The van der Waals surface area contributed by atoms with E-state index in [1.807, 2.05) is 12.1 Å². The molecule has 1 fully saturated rings. The third-order valence-electron chi connectivity index (χ3n) is 3.84. The van der Waals surface area contributed by atoms with Crippen molar-refractivity contribution in [3.63, 3.8) is 0 Å². The third kappa shape index (κ3) is 3.60. The highest BCUT2D eigenvalue weighted by atomic mass is 16.5. The predicted molar refractivity (Wildman–Crippen MR) is 81.5 cm³/mol. The molecule has 0 spiro atoms. The van der Waals surface area contributed by atoms with Crippen molar-refractivity contribution in [1.29, 1.82) is 0 Å². The van der Waals surface area contributed by atoms with Crippen molar-refractivity contribution in [3.05, 3.63) is 17.7 Å². The van der Waals surface area contributed by atoms with Crippen LogP contribution in [-0.4, -0.2) is 40.5 Å². The number of hydrogen-bond acceptors (Lipinski definition) is 5. The second kappa shape index (κ2) is 7.52. The fraction of sp³-hybridized carbons (Fsp3) is 0.625. The molecule has 21 heavy (non-hydrogen) atoms. The maximum absolute atomic E-state index is 5.92. The molecule has 0 radical (unpaired) electrons. The highest BCUT2D eigenvalue weighted by Gasteiger charge is 2.25. The van der Waals surface area contributed by atoms with Crippen LogP contribution in [0.5, 0.6) is 17.2 Å². The summed E-state index contributed by atoms with van der Waals surface area (Å²) in [5.74, 6) is 1.95. The lowest BCUT2D eigenvalue weighted by molar-refractivity contribution is 0.000351. The Balaban J connectivity index is 2.26. The van der Waals surface area contributed by atoms with Crippen molar-refractivity contribution in [2.75, 3.05) is 34.5 Å². The molecule has 1 heterocycles. The highest BCUT2D eigenvalue weighted by Crippen LogP contribution is 2.41. The molecular formula is C16H25NO4. The summed E-state index contributed by atoms with van der Waals surface area (Å²) in [6, 6.07) is 4.44. The smallest absolute Gasteiger partial charge is 0.203 e. The van der Waals surface area contributed by atoms with Crippen LogP contribution in [-0.2, 0) is 4.74 Å². The lowest BCUT2D eigenvalue weighted by Gasteiger charge is -2.30. The molecule has 2 rings (SSSR count). The molecule has 1 saturated heterocycles. The minimum absolute atomic E-state index is 0.0523. The second-order valence-electron chi connectivity index (χ2n) is 5.10. The molecule has 1 aliphatic rings. The van der Waals surface area contributed by atoms with Crippen molar-refractivity contribution < 1.29 is 18.9 Å². The first kappa shape index (κ1) is 15.9. The molecule has 2 atom stereocenters. The first-order valence-electron chi connectivity index (χ1n) is 7.38. The largest absolute Gasteiger partial charge is 0.493 e. The summed E-state index contributed by atoms with van der Waals surface area (Å²) >= 11 is 0. The minimum atomic E-state index is 0.0523. The molecule has 1 aliphatic heterocycles. The number of nitrogens with one attached hydrogen (secondary N) is 1. The molecule has 0 saturated carbocycles. The van der Waals surface area contributed by atoms with Gasteiger partial charge in [0.05, 0.1) is 27.4 Å². The molecule has 0 aromatic heterocycles. The SMILES string of the molecule is CCNC1CCOC(c2cc(OC)c(OC)c(OC)c2)C1. The van der Waals surface area contributed by atoms with E-state index in [1.54, 1.807) is 21.3 Å². The summed E-state index contributed by atoms with van der Waals surface area (Å²) in [5, 5.41) is 3.50. The van der Waals surface area contributed by atoms with E-state index in [1.165, 1.54) is 0 Å². The Hall–Kier alpha value is -1.46. The first-order chi connectivity index (χ1) is 10.2. The fourth-order valence-electron chi connectivity index (χ4n) is 2.79. The van der Waals surface area contributed by atoms with E-state index >= 15 is 0 Å². The summed E-state index contributed by atoms with van der Waals surface area (Å²) < 4.78 is 22.1. The summed E-state index contributed by atoms with van der Waals surface area (Å²) in [6.45, 7) is 3.87. The van der Waals surface area contributed by atoms with Crippen LogP contribution in [0.25, 0.3) is 0 Å². The van der Waals surface area contributed by atoms with Gasteiger partial charge in [0.2, 0.25) is 5.75 Å². The van der Waals surface area contributed by atoms with E-state index in [4.69, 9.17) is 18.9 Å². The van der Waals surface area contributed by atoms with Crippen LogP contribution in [0.15, 0.2) is 12.1 Å². The first-order valence-corrected chi connectivity index (χ1v) is 7.38. The average Bonchev–Trinajstić information content (AvgIpc) is 2.54. The Kier molecular flexibility index (Phi) is 5.70. The average molecular weight is 295 g/mol. The van der Waals surface area contributed by atoms with Crippen LogP contribution in [0.3, 0.4) is 0 Å². The fourth-order valence-corrected chi connectivity index (χ4v) is 2.79. The van der Waals surface area contributed by atoms with Crippen LogP contribution in [0.1, 0.15) is 31.4 Å². The van der Waals surface area contributed by atoms with Gasteiger partial charge < -0.3 is 24.3 Å². The Morgan fingerprint density at radius 1 is 1.14 bits per heavy atom. The number of methoxy groups -OCH3 is 3. The van der Waals surface area contributed by atoms with Crippen LogP contribution in [0.2, 0.25) is 0 Å². The van der Waals surface area contributed by atoms with Crippen molar-refractivity contribution in [2.45, 2.75) is 31.9 Å². The zero-order valence-electron chi connectivity index (χ0n) is 13.3. The molecule has 2 unspecified atom stereocenters. The van der Waals surface area contributed by atoms with Crippen molar-refractivity contribution >= 4 is 0 Å². The Bertz CT molecular complexity index is 437. The minimum Gasteiger partial charge on any atom is -0.493 e. The van der Waals surface area contributed by atoms with Crippen LogP contribution in [0, 0.1) is 0 Å². The lowest BCUT2D eigenvalue weighted by atomic mass is 9.97. The maximum atomic E-state index is 5.92. The normalized spacial score (nSPS) is 21.9. The van der Waals surface area contributed by atoms with Crippen molar-refractivity contribution in [2.24, 2.45) is 0 Å². The molecule has 0 aliphatic carbocycles. The van der Waals surface area contributed by atoms with Gasteiger partial charge in [0, 0.05) is 12.6 Å². The van der Waals surface area contributed by atoms with E-state index in [0.29, 0.717) is 23.3 Å². The molecule has 5 nitrogen and oxygen atoms in total. The Morgan fingerprint density at radius 3 is 2.33 bits per heavy atom. The molecule has 1 aromatic rings. The Morgan fingerprint density at radius 2 is 1.81 bits per heavy atom. The standard InChI is InChI=1S/C16H25NO4/c1-5-17-12-6-7-21-13(10-12)11-8-14(18-2)16(20-4)15(9-11)19-3/h8-9,12-13,17H,5-7,10H2,1-4H3. The summed E-state index contributed by atoms with van der Waals surface area (Å²) in [6.07, 6.45) is 2.05. The number of hydrogen-bond donors (Lipinski definition) is 1. The van der Waals surface area contributed by atoms with Gasteiger partial charge in [-0.1, -0.05) is 6.92 Å². The molecule has 1 aromatic carbocycles. The van der Waals surface area contributed by atoms with Gasteiger partial charge in [0.15, 0.2) is 11.5 Å². The summed E-state index contributed by atoms with van der Waals surface area (Å²) in [7, 11) is 4.87. The molecule has 0 bridgehead atoms. The predicted octanol–water partition coefficient (Wildman–Crippen LogP) is 2.54. The van der Waals surface area contributed by atoms with Crippen molar-refractivity contribution in [3.8, 4) is 17.2 Å².